The Labute approximate surface area is 190 Å². The Bertz CT molecular complexity index is 1570. The highest BCUT2D eigenvalue weighted by Crippen LogP contribution is 2.38. The second-order valence-corrected chi connectivity index (χ2v) is 12.8. The number of sulfone groups is 1. The average Bonchev–Trinajstić information content (AvgIpc) is 3.13. The van der Waals surface area contributed by atoms with Gasteiger partial charge < -0.3 is 0 Å². The summed E-state index contributed by atoms with van der Waals surface area (Å²) in [7, 11) is -7.57. The van der Waals surface area contributed by atoms with Crippen molar-refractivity contribution in [1.29, 1.82) is 0 Å². The fraction of sp³-hybridized carbons (Fsp3) is 0.182. The molecular formula is C22H19N3O4S3. The summed E-state index contributed by atoms with van der Waals surface area (Å²) < 4.78 is 54.6. The summed E-state index contributed by atoms with van der Waals surface area (Å²) in [6.45, 7) is 3.60. The molecule has 10 heteroatoms. The third-order valence-electron chi connectivity index (χ3n) is 5.43. The zero-order chi connectivity index (χ0) is 22.7. The molecule has 5 rings (SSSR count). The zero-order valence-electron chi connectivity index (χ0n) is 17.3. The van der Waals surface area contributed by atoms with Gasteiger partial charge in [-0.05, 0) is 55.8 Å². The number of nitrogens with zero attached hydrogens (tertiary/aromatic N) is 3. The third kappa shape index (κ3) is 3.48. The zero-order valence-corrected chi connectivity index (χ0v) is 19.8. The normalized spacial score (nSPS) is 15.6. The molecule has 4 aromatic rings. The molecule has 2 aromatic carbocycles. The Morgan fingerprint density at radius 2 is 1.78 bits per heavy atom. The van der Waals surface area contributed by atoms with Gasteiger partial charge in [-0.15, -0.1) is 11.3 Å². The largest absolute Gasteiger partial charge is 0.264 e. The lowest BCUT2D eigenvalue weighted by Crippen LogP contribution is -2.39. The van der Waals surface area contributed by atoms with Crippen molar-refractivity contribution in [3.05, 3.63) is 65.4 Å². The average molecular weight is 486 g/mol. The quantitative estimate of drug-likeness (QED) is 0.436. The number of hydrogen-bond acceptors (Lipinski definition) is 7. The van der Waals surface area contributed by atoms with Crippen LogP contribution in [0.5, 0.6) is 0 Å². The summed E-state index contributed by atoms with van der Waals surface area (Å²) in [6.07, 6.45) is 1.69. The lowest BCUT2D eigenvalue weighted by molar-refractivity contribution is 0.584. The topological polar surface area (TPSA) is 97.3 Å². The van der Waals surface area contributed by atoms with Crippen LogP contribution in [0.25, 0.3) is 21.3 Å². The van der Waals surface area contributed by atoms with E-state index in [0.717, 1.165) is 26.5 Å². The van der Waals surface area contributed by atoms with Crippen molar-refractivity contribution >= 4 is 47.1 Å². The van der Waals surface area contributed by atoms with Crippen molar-refractivity contribution in [3.8, 4) is 11.1 Å². The number of aryl methyl sites for hydroxylation is 2. The summed E-state index contributed by atoms with van der Waals surface area (Å²) in [5.74, 6) is -0.271. The summed E-state index contributed by atoms with van der Waals surface area (Å²) in [6, 6.07) is 13.3. The van der Waals surface area contributed by atoms with Crippen molar-refractivity contribution in [3.63, 3.8) is 0 Å². The second-order valence-electron chi connectivity index (χ2n) is 7.63. The minimum Gasteiger partial charge on any atom is -0.264 e. The van der Waals surface area contributed by atoms with E-state index >= 15 is 0 Å². The smallest absolute Gasteiger partial charge is 0.264 e. The first-order valence-electron chi connectivity index (χ1n) is 9.85. The molecular weight excluding hydrogens is 466 g/mol. The molecule has 0 fully saturated rings. The van der Waals surface area contributed by atoms with Gasteiger partial charge in [-0.25, -0.2) is 21.8 Å². The van der Waals surface area contributed by atoms with Crippen molar-refractivity contribution < 1.29 is 16.8 Å². The maximum atomic E-state index is 13.6. The molecule has 0 atom stereocenters. The fourth-order valence-corrected chi connectivity index (χ4v) is 7.81. The van der Waals surface area contributed by atoms with E-state index in [1.54, 1.807) is 30.5 Å². The summed E-state index contributed by atoms with van der Waals surface area (Å²) in [5.41, 5.74) is 3.23. The van der Waals surface area contributed by atoms with E-state index in [4.69, 9.17) is 0 Å². The number of rotatable bonds is 3. The molecule has 0 amide bonds. The number of pyridine rings is 1. The van der Waals surface area contributed by atoms with Gasteiger partial charge in [-0.2, -0.15) is 0 Å². The van der Waals surface area contributed by atoms with E-state index in [2.05, 4.69) is 9.97 Å². The highest BCUT2D eigenvalue weighted by atomic mass is 32.2. The van der Waals surface area contributed by atoms with Crippen LogP contribution < -0.4 is 4.31 Å². The van der Waals surface area contributed by atoms with Crippen LogP contribution in [0, 0.1) is 13.8 Å². The molecule has 2 aromatic heterocycles. The van der Waals surface area contributed by atoms with E-state index in [9.17, 15) is 16.8 Å². The number of aromatic nitrogens is 2. The van der Waals surface area contributed by atoms with Crippen LogP contribution in [-0.2, 0) is 19.9 Å². The molecule has 0 radical (unpaired) electrons. The maximum Gasteiger partial charge on any atom is 0.264 e. The van der Waals surface area contributed by atoms with Gasteiger partial charge in [0.05, 0.1) is 36.5 Å². The van der Waals surface area contributed by atoms with Gasteiger partial charge >= 0.3 is 0 Å². The second kappa shape index (κ2) is 7.36. The lowest BCUT2D eigenvalue weighted by Gasteiger charge is -2.30. The third-order valence-corrected chi connectivity index (χ3v) is 9.90. The number of thiazole rings is 1. The van der Waals surface area contributed by atoms with Gasteiger partial charge in [0.25, 0.3) is 10.0 Å². The SMILES string of the molecule is Cc1ccc(-c2ccc3c(c2)N(S(=O)(=O)c2ccc4nc(C)sc4c2)CCS3(=O)=O)cn1. The molecule has 0 spiro atoms. The lowest BCUT2D eigenvalue weighted by atomic mass is 10.1. The van der Waals surface area contributed by atoms with E-state index in [1.807, 2.05) is 26.0 Å². The molecule has 0 unspecified atom stereocenters. The first-order chi connectivity index (χ1) is 15.1. The Hall–Kier alpha value is -2.82. The number of hydrogen-bond donors (Lipinski definition) is 0. The number of anilines is 1. The predicted octanol–water partition coefficient (Wildman–Crippen LogP) is 3.96. The molecule has 164 valence electrons. The van der Waals surface area contributed by atoms with Crippen molar-refractivity contribution in [2.75, 3.05) is 16.6 Å². The Balaban J connectivity index is 1.66. The van der Waals surface area contributed by atoms with Crippen molar-refractivity contribution in [2.45, 2.75) is 23.6 Å². The van der Waals surface area contributed by atoms with Crippen molar-refractivity contribution in [1.82, 2.24) is 9.97 Å². The predicted molar refractivity (Wildman–Crippen MR) is 125 cm³/mol. The molecule has 1 aliphatic rings. The molecule has 3 heterocycles. The van der Waals surface area contributed by atoms with Crippen molar-refractivity contribution in [2.24, 2.45) is 0 Å². The molecule has 0 saturated carbocycles. The first kappa shape index (κ1) is 21.0. The standard InChI is InChI=1S/C22H19N3O4S3/c1-14-3-4-17(13-23-14)16-5-8-22-20(11-16)25(9-10-31(22,26)27)32(28,29)18-6-7-19-21(12-18)30-15(2)24-19/h3-8,11-13H,9-10H2,1-2H3. The van der Waals surface area contributed by atoms with E-state index in [-0.39, 0.29) is 27.8 Å². The van der Waals surface area contributed by atoms with Crippen LogP contribution in [0.2, 0.25) is 0 Å². The van der Waals surface area contributed by atoms with Gasteiger partial charge in [-0.3, -0.25) is 9.29 Å². The van der Waals surface area contributed by atoms with Crippen LogP contribution >= 0.6 is 11.3 Å². The van der Waals surface area contributed by atoms with Gasteiger partial charge in [0.15, 0.2) is 9.84 Å². The molecule has 0 bridgehead atoms. The number of sulfonamides is 1. The van der Waals surface area contributed by atoms with Crippen LogP contribution in [0.3, 0.4) is 0 Å². The Morgan fingerprint density at radius 3 is 2.53 bits per heavy atom. The van der Waals surface area contributed by atoms with E-state index in [1.165, 1.54) is 27.8 Å². The highest BCUT2D eigenvalue weighted by molar-refractivity contribution is 7.94. The van der Waals surface area contributed by atoms with Crippen LogP contribution in [0.4, 0.5) is 5.69 Å². The minimum absolute atomic E-state index is 0.0193. The summed E-state index contributed by atoms with van der Waals surface area (Å²) in [4.78, 5) is 8.80. The van der Waals surface area contributed by atoms with E-state index in [0.29, 0.717) is 5.56 Å². The fourth-order valence-electron chi connectivity index (χ4n) is 3.78. The first-order valence-corrected chi connectivity index (χ1v) is 13.8. The van der Waals surface area contributed by atoms with Gasteiger partial charge in [0.2, 0.25) is 0 Å². The van der Waals surface area contributed by atoms with E-state index < -0.39 is 19.9 Å². The minimum atomic E-state index is -3.98. The molecule has 0 aliphatic carbocycles. The molecule has 0 N–H and O–H groups in total. The van der Waals surface area contributed by atoms with Crippen LogP contribution in [0.1, 0.15) is 10.7 Å². The van der Waals surface area contributed by atoms with Gasteiger partial charge in [0.1, 0.15) is 0 Å². The molecule has 7 nitrogen and oxygen atoms in total. The molecule has 32 heavy (non-hydrogen) atoms. The highest BCUT2D eigenvalue weighted by Gasteiger charge is 2.36. The number of fused-ring (bicyclic) bond motifs is 2. The van der Waals surface area contributed by atoms with Gasteiger partial charge in [0, 0.05) is 24.0 Å². The molecule has 0 saturated heterocycles. The summed E-state index contributed by atoms with van der Waals surface area (Å²) in [5, 5.41) is 0.848. The number of benzene rings is 2. The monoisotopic (exact) mass is 485 g/mol. The Morgan fingerprint density at radius 1 is 1.00 bits per heavy atom. The molecule has 1 aliphatic heterocycles. The van der Waals surface area contributed by atoms with Crippen LogP contribution in [-0.4, -0.2) is 39.1 Å². The maximum absolute atomic E-state index is 13.6. The summed E-state index contributed by atoms with van der Waals surface area (Å²) >= 11 is 1.42. The van der Waals surface area contributed by atoms with Crippen LogP contribution in [0.15, 0.2) is 64.5 Å². The van der Waals surface area contributed by atoms with Gasteiger partial charge in [-0.1, -0.05) is 12.1 Å². The Kier molecular flexibility index (Phi) is 4.84.